The molecule has 124 valence electrons. The van der Waals surface area contributed by atoms with E-state index in [1.54, 1.807) is 24.3 Å². The predicted octanol–water partition coefficient (Wildman–Crippen LogP) is 3.14. The van der Waals surface area contributed by atoms with Crippen molar-refractivity contribution in [3.8, 4) is 0 Å². The number of aryl methyl sites for hydroxylation is 3. The van der Waals surface area contributed by atoms with E-state index in [1.807, 2.05) is 39.0 Å². The van der Waals surface area contributed by atoms with Gasteiger partial charge in [-0.1, -0.05) is 35.9 Å². The molecule has 0 bridgehead atoms. The Kier molecular flexibility index (Phi) is 4.11. The molecule has 5 nitrogen and oxygen atoms in total. The van der Waals surface area contributed by atoms with Crippen LogP contribution in [0.5, 0.6) is 0 Å². The maximum Gasteiger partial charge on any atom is 0.259 e. The van der Waals surface area contributed by atoms with Crippen molar-refractivity contribution < 1.29 is 14.8 Å². The number of carbonyl (C=O) groups is 2. The van der Waals surface area contributed by atoms with E-state index in [2.05, 4.69) is 0 Å². The summed E-state index contributed by atoms with van der Waals surface area (Å²) in [5, 5.41) is 11.3. The van der Waals surface area contributed by atoms with E-state index in [4.69, 9.17) is 0 Å². The first-order chi connectivity index (χ1) is 11.4. The van der Waals surface area contributed by atoms with Gasteiger partial charge in [-0.3, -0.25) is 14.8 Å². The first-order valence-electron chi connectivity index (χ1n) is 7.88. The minimum absolute atomic E-state index is 0.0447. The van der Waals surface area contributed by atoms with Crippen LogP contribution in [0.25, 0.3) is 0 Å². The molecule has 5 heteroatoms. The summed E-state index contributed by atoms with van der Waals surface area (Å²) in [5.74, 6) is -0.698. The van der Waals surface area contributed by atoms with E-state index >= 15 is 0 Å². The predicted molar refractivity (Wildman–Crippen MR) is 92.3 cm³/mol. The minimum Gasteiger partial charge on any atom is -0.288 e. The topological polar surface area (TPSA) is 60.9 Å². The second kappa shape index (κ2) is 6.09. The first kappa shape index (κ1) is 16.2. The van der Waals surface area contributed by atoms with Gasteiger partial charge in [0, 0.05) is 0 Å². The average molecular weight is 324 g/mol. The standard InChI is InChI=1S/C19H20N2O3/c1-12-9-13(2)18(14(3)10-12)20-17(22)11-16(19(20)23)21(24)15-7-5-4-6-8-15/h4-10,16,24H,11H2,1-3H3/t16-/m1/s1. The van der Waals surface area contributed by atoms with E-state index < -0.39 is 11.9 Å². The molecule has 0 spiro atoms. The second-order valence-corrected chi connectivity index (χ2v) is 6.21. The first-order valence-corrected chi connectivity index (χ1v) is 7.88. The van der Waals surface area contributed by atoms with Gasteiger partial charge in [0.15, 0.2) is 0 Å². The number of amides is 2. The van der Waals surface area contributed by atoms with Gasteiger partial charge in [-0.05, 0) is 44.0 Å². The highest BCUT2D eigenvalue weighted by Crippen LogP contribution is 2.32. The number of hydroxylamine groups is 1. The molecule has 0 radical (unpaired) electrons. The lowest BCUT2D eigenvalue weighted by Crippen LogP contribution is -2.41. The molecule has 0 aromatic heterocycles. The van der Waals surface area contributed by atoms with E-state index in [9.17, 15) is 14.8 Å². The van der Waals surface area contributed by atoms with Crippen LogP contribution in [0.1, 0.15) is 23.1 Å². The fourth-order valence-corrected chi connectivity index (χ4v) is 3.33. The number of imide groups is 1. The van der Waals surface area contributed by atoms with Gasteiger partial charge in [0.2, 0.25) is 5.91 Å². The largest absolute Gasteiger partial charge is 0.288 e. The van der Waals surface area contributed by atoms with Crippen LogP contribution < -0.4 is 9.96 Å². The van der Waals surface area contributed by atoms with Crippen LogP contribution in [0.4, 0.5) is 11.4 Å². The van der Waals surface area contributed by atoms with Crippen molar-refractivity contribution in [2.75, 3.05) is 9.96 Å². The highest BCUT2D eigenvalue weighted by molar-refractivity contribution is 6.23. The number of benzene rings is 2. The van der Waals surface area contributed by atoms with Gasteiger partial charge < -0.3 is 0 Å². The molecule has 1 atom stereocenters. The van der Waals surface area contributed by atoms with Crippen LogP contribution in [0.2, 0.25) is 0 Å². The monoisotopic (exact) mass is 324 g/mol. The summed E-state index contributed by atoms with van der Waals surface area (Å²) in [6.07, 6.45) is -0.0447. The molecule has 2 aromatic carbocycles. The Morgan fingerprint density at radius 3 is 2.21 bits per heavy atom. The zero-order valence-corrected chi connectivity index (χ0v) is 14.0. The van der Waals surface area contributed by atoms with Crippen molar-refractivity contribution in [2.45, 2.75) is 33.2 Å². The number of para-hydroxylation sites is 1. The molecule has 24 heavy (non-hydrogen) atoms. The normalized spacial score (nSPS) is 17.5. The summed E-state index contributed by atoms with van der Waals surface area (Å²) >= 11 is 0. The van der Waals surface area contributed by atoms with Crippen molar-refractivity contribution in [2.24, 2.45) is 0 Å². The van der Waals surface area contributed by atoms with E-state index in [1.165, 1.54) is 4.90 Å². The molecular weight excluding hydrogens is 304 g/mol. The van der Waals surface area contributed by atoms with E-state index in [0.717, 1.165) is 21.8 Å². The van der Waals surface area contributed by atoms with Gasteiger partial charge in [0.1, 0.15) is 6.04 Å². The SMILES string of the molecule is Cc1cc(C)c(N2C(=O)C[C@@H](N(O)c3ccccc3)C2=O)c(C)c1. The summed E-state index contributed by atoms with van der Waals surface area (Å²) in [5.41, 5.74) is 3.94. The number of hydrogen-bond donors (Lipinski definition) is 1. The highest BCUT2D eigenvalue weighted by atomic mass is 16.5. The summed E-state index contributed by atoms with van der Waals surface area (Å²) in [4.78, 5) is 26.5. The maximum atomic E-state index is 12.8. The Morgan fingerprint density at radius 2 is 1.62 bits per heavy atom. The number of rotatable bonds is 3. The quantitative estimate of drug-likeness (QED) is 0.696. The molecule has 1 N–H and O–H groups in total. The van der Waals surface area contributed by atoms with Crippen molar-refractivity contribution in [1.29, 1.82) is 0 Å². The third-order valence-corrected chi connectivity index (χ3v) is 4.30. The molecule has 2 aromatic rings. The van der Waals surface area contributed by atoms with Gasteiger partial charge in [0.25, 0.3) is 5.91 Å². The molecule has 1 heterocycles. The molecule has 1 aliphatic rings. The van der Waals surface area contributed by atoms with Crippen molar-refractivity contribution in [3.05, 3.63) is 59.2 Å². The van der Waals surface area contributed by atoms with Gasteiger partial charge in [-0.25, -0.2) is 9.96 Å². The Hall–Kier alpha value is -2.66. The number of carbonyl (C=O) groups excluding carboxylic acids is 2. The molecular formula is C19H20N2O3. The minimum atomic E-state index is -0.903. The molecule has 1 aliphatic heterocycles. The van der Waals surface area contributed by atoms with Crippen LogP contribution in [0.15, 0.2) is 42.5 Å². The van der Waals surface area contributed by atoms with Crippen molar-refractivity contribution in [3.63, 3.8) is 0 Å². The van der Waals surface area contributed by atoms with Gasteiger partial charge >= 0.3 is 0 Å². The zero-order chi connectivity index (χ0) is 17.4. The van der Waals surface area contributed by atoms with Gasteiger partial charge in [-0.2, -0.15) is 0 Å². The second-order valence-electron chi connectivity index (χ2n) is 6.21. The van der Waals surface area contributed by atoms with Crippen LogP contribution in [-0.2, 0) is 9.59 Å². The molecule has 1 fully saturated rings. The Balaban J connectivity index is 1.96. The molecule has 3 rings (SSSR count). The Bertz CT molecular complexity index is 779. The molecule has 0 unspecified atom stereocenters. The lowest BCUT2D eigenvalue weighted by atomic mass is 10.0. The van der Waals surface area contributed by atoms with E-state index in [-0.39, 0.29) is 12.3 Å². The third-order valence-electron chi connectivity index (χ3n) is 4.30. The highest BCUT2D eigenvalue weighted by Gasteiger charge is 2.44. The van der Waals surface area contributed by atoms with Crippen molar-refractivity contribution in [1.82, 2.24) is 0 Å². The average Bonchev–Trinajstić information content (AvgIpc) is 2.82. The van der Waals surface area contributed by atoms with Crippen LogP contribution in [0.3, 0.4) is 0 Å². The summed E-state index contributed by atoms with van der Waals surface area (Å²) in [7, 11) is 0. The lowest BCUT2D eigenvalue weighted by molar-refractivity contribution is -0.121. The van der Waals surface area contributed by atoms with Gasteiger partial charge in [-0.15, -0.1) is 0 Å². The van der Waals surface area contributed by atoms with Crippen LogP contribution in [0, 0.1) is 20.8 Å². The summed E-state index contributed by atoms with van der Waals surface area (Å²) in [6, 6.07) is 11.8. The van der Waals surface area contributed by atoms with Crippen molar-refractivity contribution >= 4 is 23.2 Å². The van der Waals surface area contributed by atoms with Crippen LogP contribution in [-0.4, -0.2) is 23.1 Å². The molecule has 1 saturated heterocycles. The summed E-state index contributed by atoms with van der Waals surface area (Å²) < 4.78 is 0. The Labute approximate surface area is 141 Å². The van der Waals surface area contributed by atoms with E-state index in [0.29, 0.717) is 11.4 Å². The lowest BCUT2D eigenvalue weighted by Gasteiger charge is -2.24. The fourth-order valence-electron chi connectivity index (χ4n) is 3.33. The molecule has 0 aliphatic carbocycles. The maximum absolute atomic E-state index is 12.8. The number of anilines is 2. The van der Waals surface area contributed by atoms with Crippen LogP contribution >= 0.6 is 0 Å². The summed E-state index contributed by atoms with van der Waals surface area (Å²) in [6.45, 7) is 5.75. The number of nitrogens with zero attached hydrogens (tertiary/aromatic N) is 2. The molecule has 2 amide bonds. The third kappa shape index (κ3) is 2.67. The smallest absolute Gasteiger partial charge is 0.259 e. The van der Waals surface area contributed by atoms with Gasteiger partial charge in [0.05, 0.1) is 17.8 Å². The fraction of sp³-hybridized carbons (Fsp3) is 0.263. The number of hydrogen-bond acceptors (Lipinski definition) is 4. The zero-order valence-electron chi connectivity index (χ0n) is 14.0. The Morgan fingerprint density at radius 1 is 1.04 bits per heavy atom. The molecule has 0 saturated carbocycles.